The summed E-state index contributed by atoms with van der Waals surface area (Å²) in [6.45, 7) is 4.94. The first-order chi connectivity index (χ1) is 10.7. The second-order valence-corrected chi connectivity index (χ2v) is 5.17. The molecule has 2 rings (SSSR count). The number of nitrogens with zero attached hydrogens (tertiary/aromatic N) is 4. The third-order valence-corrected chi connectivity index (χ3v) is 3.57. The number of piperidine rings is 1. The first kappa shape index (κ1) is 16.1. The Morgan fingerprint density at radius 1 is 1.50 bits per heavy atom. The highest BCUT2D eigenvalue weighted by Crippen LogP contribution is 2.11. The van der Waals surface area contributed by atoms with Crippen LogP contribution in [0.3, 0.4) is 0 Å². The van der Waals surface area contributed by atoms with Gasteiger partial charge in [0, 0.05) is 38.1 Å². The zero-order valence-corrected chi connectivity index (χ0v) is 12.9. The summed E-state index contributed by atoms with van der Waals surface area (Å²) in [5.41, 5.74) is 5.89. The Morgan fingerprint density at radius 2 is 2.27 bits per heavy atom. The number of aliphatic imine (C=N–C) groups is 1. The number of imidazole rings is 1. The maximum atomic E-state index is 11.6. The Morgan fingerprint density at radius 3 is 2.91 bits per heavy atom. The highest BCUT2D eigenvalue weighted by Gasteiger charge is 2.23. The summed E-state index contributed by atoms with van der Waals surface area (Å²) < 4.78 is 6.95. The van der Waals surface area contributed by atoms with Crippen LogP contribution in [-0.2, 0) is 11.3 Å². The monoisotopic (exact) mass is 308 g/mol. The van der Waals surface area contributed by atoms with Crippen LogP contribution in [0.1, 0.15) is 19.8 Å². The minimum absolute atomic E-state index is 0.233. The molecule has 0 spiro atoms. The van der Waals surface area contributed by atoms with Gasteiger partial charge in [0.25, 0.3) is 0 Å². The minimum Gasteiger partial charge on any atom is -0.450 e. The number of guanidine groups is 1. The van der Waals surface area contributed by atoms with E-state index >= 15 is 0 Å². The molecule has 1 aromatic rings. The molecule has 0 aromatic carbocycles. The van der Waals surface area contributed by atoms with Gasteiger partial charge in [-0.3, -0.25) is 4.99 Å². The van der Waals surface area contributed by atoms with Gasteiger partial charge in [0.05, 0.1) is 19.5 Å². The van der Waals surface area contributed by atoms with E-state index in [1.54, 1.807) is 17.4 Å². The highest BCUT2D eigenvalue weighted by atomic mass is 16.6. The second kappa shape index (κ2) is 8.26. The van der Waals surface area contributed by atoms with Gasteiger partial charge >= 0.3 is 6.09 Å². The number of ether oxygens (including phenoxy) is 1. The number of likely N-dealkylation sites (tertiary alicyclic amines) is 1. The summed E-state index contributed by atoms with van der Waals surface area (Å²) in [4.78, 5) is 21.6. The van der Waals surface area contributed by atoms with Gasteiger partial charge in [0.1, 0.15) is 0 Å². The lowest BCUT2D eigenvalue weighted by atomic mass is 10.1. The van der Waals surface area contributed by atoms with Crippen molar-refractivity contribution in [3.05, 3.63) is 18.7 Å². The fourth-order valence-electron chi connectivity index (χ4n) is 2.38. The standard InChI is InChI=1S/C14H24N6O2/c1-2-22-14(21)20-7-3-12(4-8-20)18-13(15)17-6-10-19-9-5-16-11-19/h5,9,11-12H,2-4,6-8,10H2,1H3,(H3,15,17,18). The van der Waals surface area contributed by atoms with Crippen molar-refractivity contribution in [1.29, 1.82) is 0 Å². The smallest absolute Gasteiger partial charge is 0.409 e. The van der Waals surface area contributed by atoms with Crippen LogP contribution in [-0.4, -0.2) is 58.8 Å². The molecule has 22 heavy (non-hydrogen) atoms. The quantitative estimate of drug-likeness (QED) is 0.606. The van der Waals surface area contributed by atoms with Crippen molar-refractivity contribution in [1.82, 2.24) is 19.8 Å². The van der Waals surface area contributed by atoms with E-state index < -0.39 is 0 Å². The average Bonchev–Trinajstić information content (AvgIpc) is 3.01. The van der Waals surface area contributed by atoms with E-state index in [2.05, 4.69) is 15.3 Å². The molecular formula is C14H24N6O2. The normalized spacial score (nSPS) is 16.6. The fourth-order valence-corrected chi connectivity index (χ4v) is 2.38. The molecule has 2 heterocycles. The topological polar surface area (TPSA) is 97.8 Å². The molecule has 0 unspecified atom stereocenters. The van der Waals surface area contributed by atoms with Crippen molar-refractivity contribution in [3.8, 4) is 0 Å². The number of nitrogens with one attached hydrogen (secondary N) is 1. The van der Waals surface area contributed by atoms with Gasteiger partial charge in [-0.1, -0.05) is 0 Å². The maximum Gasteiger partial charge on any atom is 0.409 e. The Kier molecular flexibility index (Phi) is 6.05. The van der Waals surface area contributed by atoms with Crippen LogP contribution < -0.4 is 11.1 Å². The summed E-state index contributed by atoms with van der Waals surface area (Å²) in [6.07, 6.45) is 6.84. The molecule has 0 bridgehead atoms. The molecule has 1 saturated heterocycles. The Balaban J connectivity index is 1.67. The lowest BCUT2D eigenvalue weighted by Crippen LogP contribution is -2.48. The lowest BCUT2D eigenvalue weighted by Gasteiger charge is -2.31. The van der Waals surface area contributed by atoms with Gasteiger partial charge in [-0.25, -0.2) is 9.78 Å². The Labute approximate surface area is 130 Å². The fraction of sp³-hybridized carbons (Fsp3) is 0.643. The SMILES string of the molecule is CCOC(=O)N1CCC(NC(N)=NCCn2ccnc2)CC1. The second-order valence-electron chi connectivity index (χ2n) is 5.17. The number of aromatic nitrogens is 2. The van der Waals surface area contributed by atoms with Crippen LogP contribution in [0.4, 0.5) is 4.79 Å². The van der Waals surface area contributed by atoms with Crippen LogP contribution in [0.25, 0.3) is 0 Å². The highest BCUT2D eigenvalue weighted by molar-refractivity contribution is 5.78. The molecular weight excluding hydrogens is 284 g/mol. The summed E-state index contributed by atoms with van der Waals surface area (Å²) >= 11 is 0. The van der Waals surface area contributed by atoms with E-state index in [4.69, 9.17) is 10.5 Å². The summed E-state index contributed by atoms with van der Waals surface area (Å²) in [7, 11) is 0. The van der Waals surface area contributed by atoms with E-state index in [9.17, 15) is 4.79 Å². The molecule has 1 aromatic heterocycles. The van der Waals surface area contributed by atoms with Gasteiger partial charge in [-0.15, -0.1) is 0 Å². The van der Waals surface area contributed by atoms with Gasteiger partial charge in [-0.2, -0.15) is 0 Å². The molecule has 0 atom stereocenters. The first-order valence-corrected chi connectivity index (χ1v) is 7.63. The lowest BCUT2D eigenvalue weighted by molar-refractivity contribution is 0.0963. The number of carbonyl (C=O) groups is 1. The largest absolute Gasteiger partial charge is 0.450 e. The van der Waals surface area contributed by atoms with Gasteiger partial charge in [0.15, 0.2) is 5.96 Å². The molecule has 0 radical (unpaired) electrons. The number of hydrogen-bond donors (Lipinski definition) is 2. The van der Waals surface area contributed by atoms with E-state index in [1.165, 1.54) is 0 Å². The van der Waals surface area contributed by atoms with E-state index in [0.717, 1.165) is 19.4 Å². The van der Waals surface area contributed by atoms with Gasteiger partial charge in [0.2, 0.25) is 0 Å². The maximum absolute atomic E-state index is 11.6. The molecule has 1 aliphatic rings. The van der Waals surface area contributed by atoms with Crippen LogP contribution >= 0.6 is 0 Å². The third-order valence-electron chi connectivity index (χ3n) is 3.57. The Bertz CT molecular complexity index is 480. The van der Waals surface area contributed by atoms with Crippen LogP contribution in [0.15, 0.2) is 23.7 Å². The van der Waals surface area contributed by atoms with Gasteiger partial charge in [-0.05, 0) is 19.8 Å². The van der Waals surface area contributed by atoms with Gasteiger partial charge < -0.3 is 25.3 Å². The molecule has 8 nitrogen and oxygen atoms in total. The van der Waals surface area contributed by atoms with Crippen LogP contribution in [0, 0.1) is 0 Å². The van der Waals surface area contributed by atoms with Crippen LogP contribution in [0.2, 0.25) is 0 Å². The van der Waals surface area contributed by atoms with E-state index in [0.29, 0.717) is 32.2 Å². The van der Waals surface area contributed by atoms with Crippen molar-refractivity contribution in [2.24, 2.45) is 10.7 Å². The van der Waals surface area contributed by atoms with Crippen LogP contribution in [0.5, 0.6) is 0 Å². The zero-order valence-electron chi connectivity index (χ0n) is 12.9. The van der Waals surface area contributed by atoms with Crippen molar-refractivity contribution in [2.75, 3.05) is 26.2 Å². The van der Waals surface area contributed by atoms with Crippen molar-refractivity contribution in [3.63, 3.8) is 0 Å². The number of rotatable bonds is 5. The predicted octanol–water partition coefficient (Wildman–Crippen LogP) is 0.408. The molecule has 1 fully saturated rings. The zero-order chi connectivity index (χ0) is 15.8. The van der Waals surface area contributed by atoms with Crippen molar-refractivity contribution in [2.45, 2.75) is 32.4 Å². The van der Waals surface area contributed by atoms with Crippen molar-refractivity contribution < 1.29 is 9.53 Å². The molecule has 3 N–H and O–H groups in total. The van der Waals surface area contributed by atoms with E-state index in [1.807, 2.05) is 17.7 Å². The van der Waals surface area contributed by atoms with E-state index in [-0.39, 0.29) is 12.1 Å². The number of nitrogens with two attached hydrogens (primary N) is 1. The molecule has 0 aliphatic carbocycles. The first-order valence-electron chi connectivity index (χ1n) is 7.63. The summed E-state index contributed by atoms with van der Waals surface area (Å²) in [5.74, 6) is 0.453. The summed E-state index contributed by atoms with van der Waals surface area (Å²) in [5, 5.41) is 3.21. The Hall–Kier alpha value is -2.25. The number of carbonyl (C=O) groups excluding carboxylic acids is 1. The number of hydrogen-bond acceptors (Lipinski definition) is 4. The molecule has 1 aliphatic heterocycles. The summed E-state index contributed by atoms with van der Waals surface area (Å²) in [6, 6.07) is 0.252. The molecule has 0 saturated carbocycles. The third kappa shape index (κ3) is 4.94. The number of amides is 1. The minimum atomic E-state index is -0.233. The van der Waals surface area contributed by atoms with Crippen molar-refractivity contribution >= 4 is 12.1 Å². The molecule has 122 valence electrons. The average molecular weight is 308 g/mol. The molecule has 8 heteroatoms. The predicted molar refractivity (Wildman–Crippen MR) is 83.5 cm³/mol. The molecule has 1 amide bonds.